The number of Topliss-reactive ketones (excluding diaryl/α,β-unsaturated/α-hetero) is 1. The van der Waals surface area contributed by atoms with Crippen LogP contribution in [-0.2, 0) is 4.79 Å². The molecule has 8 rings (SSSR count). The molecule has 7 aromatic rings. The van der Waals surface area contributed by atoms with Crippen LogP contribution in [0.1, 0.15) is 114 Å². The van der Waals surface area contributed by atoms with Crippen molar-refractivity contribution in [3.05, 3.63) is 230 Å². The lowest BCUT2D eigenvalue weighted by atomic mass is 9.77. The Labute approximate surface area is 340 Å². The summed E-state index contributed by atoms with van der Waals surface area (Å²) in [6.07, 6.45) is 0.911. The Hall–Kier alpha value is -5.50. The molecule has 0 aliphatic carbocycles. The van der Waals surface area contributed by atoms with E-state index in [1.807, 2.05) is 0 Å². The summed E-state index contributed by atoms with van der Waals surface area (Å²) in [5.74, 6) is 0.182. The van der Waals surface area contributed by atoms with Gasteiger partial charge in [0.1, 0.15) is 5.78 Å². The molecule has 0 N–H and O–H groups in total. The maximum absolute atomic E-state index is 14.2. The van der Waals surface area contributed by atoms with Crippen molar-refractivity contribution in [2.75, 3.05) is 0 Å². The number of hydrogen-bond acceptors (Lipinski definition) is 3. The van der Waals surface area contributed by atoms with Crippen LogP contribution in [0, 0.1) is 41.5 Å². The summed E-state index contributed by atoms with van der Waals surface area (Å²) < 4.78 is 0. The molecule has 3 heterocycles. The Kier molecular flexibility index (Phi) is 11.1. The lowest BCUT2D eigenvalue weighted by molar-refractivity contribution is -0.119. The number of ketones is 1. The van der Waals surface area contributed by atoms with Gasteiger partial charge in [0.05, 0.1) is 0 Å². The summed E-state index contributed by atoms with van der Waals surface area (Å²) in [6, 6.07) is 55.3. The van der Waals surface area contributed by atoms with Gasteiger partial charge in [-0.05, 0) is 127 Å². The zero-order valence-corrected chi connectivity index (χ0v) is 34.8. The van der Waals surface area contributed by atoms with E-state index in [1.165, 1.54) is 60.9 Å². The first kappa shape index (κ1) is 38.4. The van der Waals surface area contributed by atoms with E-state index < -0.39 is 7.92 Å². The highest BCUT2D eigenvalue weighted by atomic mass is 31.1. The summed E-state index contributed by atoms with van der Waals surface area (Å²) in [6.45, 7) is 13.2. The molecule has 0 spiro atoms. The van der Waals surface area contributed by atoms with E-state index in [2.05, 4.69) is 193 Å². The predicted octanol–water partition coefficient (Wildman–Crippen LogP) is 12.6. The SMILES string of the molecule is Cc1cccc(C2CC(=O)CC(c3cccc(C)n3)P2c2c(C(c3ccccc3)c3c(C)cccc3C)cccc2C(c2ccccc2)c2c(C)cccc2C)n1. The molecule has 4 atom stereocenters. The minimum atomic E-state index is -1.15. The van der Waals surface area contributed by atoms with E-state index in [0.717, 1.165) is 22.8 Å². The second kappa shape index (κ2) is 16.5. The third-order valence-corrected chi connectivity index (χ3v) is 15.2. The first-order valence-electron chi connectivity index (χ1n) is 20.2. The molecule has 284 valence electrons. The van der Waals surface area contributed by atoms with E-state index in [0.29, 0.717) is 12.8 Å². The van der Waals surface area contributed by atoms with Crippen LogP contribution in [-0.4, -0.2) is 15.8 Å². The van der Waals surface area contributed by atoms with Gasteiger partial charge in [-0.2, -0.15) is 0 Å². The molecule has 1 fully saturated rings. The smallest absolute Gasteiger partial charge is 0.134 e. The lowest BCUT2D eigenvalue weighted by Gasteiger charge is -2.42. The maximum Gasteiger partial charge on any atom is 0.134 e. The number of aromatic nitrogens is 2. The van der Waals surface area contributed by atoms with Crippen molar-refractivity contribution in [3.63, 3.8) is 0 Å². The fraction of sp³-hybridized carbons (Fsp3) is 0.226. The number of carbonyl (C=O) groups excluding carboxylic acids is 1. The summed E-state index contributed by atoms with van der Waals surface area (Å²) in [5, 5.41) is 1.37. The molecule has 57 heavy (non-hydrogen) atoms. The first-order valence-corrected chi connectivity index (χ1v) is 21.7. The number of pyridine rings is 2. The number of aryl methyl sites for hydroxylation is 6. The topological polar surface area (TPSA) is 42.9 Å². The normalized spacial score (nSPS) is 17.9. The summed E-state index contributed by atoms with van der Waals surface area (Å²) >= 11 is 0. The Morgan fingerprint density at radius 2 is 0.825 bits per heavy atom. The summed E-state index contributed by atoms with van der Waals surface area (Å²) in [4.78, 5) is 24.7. The van der Waals surface area contributed by atoms with E-state index in [-0.39, 0.29) is 28.9 Å². The highest BCUT2D eigenvalue weighted by Gasteiger charge is 2.44. The summed E-state index contributed by atoms with van der Waals surface area (Å²) in [5.41, 5.74) is 16.6. The Morgan fingerprint density at radius 1 is 0.456 bits per heavy atom. The average Bonchev–Trinajstić information content (AvgIpc) is 3.21. The van der Waals surface area contributed by atoms with E-state index in [4.69, 9.17) is 9.97 Å². The zero-order valence-electron chi connectivity index (χ0n) is 33.9. The van der Waals surface area contributed by atoms with Crippen LogP contribution in [0.2, 0.25) is 0 Å². The van der Waals surface area contributed by atoms with Gasteiger partial charge in [0.25, 0.3) is 0 Å². The molecular formula is C53H51N2OP. The molecule has 4 unspecified atom stereocenters. The van der Waals surface area contributed by atoms with Gasteiger partial charge in [0.15, 0.2) is 0 Å². The molecule has 0 radical (unpaired) electrons. The number of carbonyl (C=O) groups is 1. The van der Waals surface area contributed by atoms with Gasteiger partial charge in [-0.25, -0.2) is 0 Å². The third kappa shape index (κ3) is 7.66. The van der Waals surface area contributed by atoms with Crippen molar-refractivity contribution in [2.45, 2.75) is 77.5 Å². The van der Waals surface area contributed by atoms with E-state index >= 15 is 0 Å². The van der Waals surface area contributed by atoms with E-state index in [9.17, 15) is 4.79 Å². The number of rotatable bonds is 9. The number of nitrogens with zero attached hydrogens (tertiary/aromatic N) is 2. The average molecular weight is 763 g/mol. The number of benzene rings is 5. The van der Waals surface area contributed by atoms with Crippen LogP contribution in [0.3, 0.4) is 0 Å². The molecular weight excluding hydrogens is 712 g/mol. The van der Waals surface area contributed by atoms with Crippen LogP contribution in [0.5, 0.6) is 0 Å². The zero-order chi connectivity index (χ0) is 39.6. The standard InChI is InChI=1S/C53H51N2OP/c1-34-18-13-19-35(2)49(34)51(40-24-9-7-10-25-40)43-28-17-29-44(52(41-26-11-8-12-27-41)50-36(3)20-14-21-37(50)4)53(43)57-47(45-30-15-22-38(5)54-45)32-42(56)33-48(57)46-31-16-23-39(6)55-46/h7-31,47-48,51-52H,32-33H2,1-6H3. The van der Waals surface area contributed by atoms with Crippen LogP contribution < -0.4 is 5.30 Å². The van der Waals surface area contributed by atoms with Crippen molar-refractivity contribution >= 4 is 19.0 Å². The second-order valence-electron chi connectivity index (χ2n) is 15.9. The van der Waals surface area contributed by atoms with Crippen molar-refractivity contribution in [3.8, 4) is 0 Å². The maximum atomic E-state index is 14.2. The molecule has 5 aromatic carbocycles. The van der Waals surface area contributed by atoms with Gasteiger partial charge in [-0.15, -0.1) is 0 Å². The first-order chi connectivity index (χ1) is 27.7. The minimum Gasteiger partial charge on any atom is -0.300 e. The van der Waals surface area contributed by atoms with Gasteiger partial charge in [-0.3, -0.25) is 14.8 Å². The Morgan fingerprint density at radius 3 is 1.21 bits per heavy atom. The highest BCUT2D eigenvalue weighted by molar-refractivity contribution is 7.66. The Bertz CT molecular complexity index is 2330. The van der Waals surface area contributed by atoms with E-state index in [1.54, 1.807) is 0 Å². The lowest BCUT2D eigenvalue weighted by Crippen LogP contribution is -2.31. The number of hydrogen-bond donors (Lipinski definition) is 0. The molecule has 0 bridgehead atoms. The molecule has 3 nitrogen and oxygen atoms in total. The summed E-state index contributed by atoms with van der Waals surface area (Å²) in [7, 11) is -1.15. The molecule has 0 saturated carbocycles. The molecule has 1 saturated heterocycles. The van der Waals surface area contributed by atoms with Gasteiger partial charge < -0.3 is 0 Å². The fourth-order valence-electron chi connectivity index (χ4n) is 9.44. The van der Waals surface area contributed by atoms with Crippen molar-refractivity contribution in [2.24, 2.45) is 0 Å². The van der Waals surface area contributed by atoms with Crippen LogP contribution in [0.15, 0.2) is 152 Å². The highest BCUT2D eigenvalue weighted by Crippen LogP contribution is 2.67. The fourth-order valence-corrected chi connectivity index (χ4v) is 13.2. The third-order valence-electron chi connectivity index (χ3n) is 11.9. The van der Waals surface area contributed by atoms with Gasteiger partial charge in [-0.1, -0.05) is 135 Å². The molecule has 0 amide bonds. The van der Waals surface area contributed by atoms with Gasteiger partial charge >= 0.3 is 0 Å². The van der Waals surface area contributed by atoms with Crippen LogP contribution in [0.25, 0.3) is 0 Å². The monoisotopic (exact) mass is 762 g/mol. The minimum absolute atomic E-state index is 0.0471. The van der Waals surface area contributed by atoms with Crippen LogP contribution >= 0.6 is 7.92 Å². The van der Waals surface area contributed by atoms with Crippen molar-refractivity contribution in [1.82, 2.24) is 9.97 Å². The van der Waals surface area contributed by atoms with Gasteiger partial charge in [0.2, 0.25) is 0 Å². The van der Waals surface area contributed by atoms with Gasteiger partial charge in [0, 0.05) is 58.8 Å². The molecule has 4 heteroatoms. The molecule has 1 aliphatic heterocycles. The second-order valence-corrected chi connectivity index (χ2v) is 18.4. The molecule has 2 aromatic heterocycles. The Balaban J connectivity index is 1.55. The van der Waals surface area contributed by atoms with Crippen LogP contribution in [0.4, 0.5) is 0 Å². The quantitative estimate of drug-likeness (QED) is 0.109. The largest absolute Gasteiger partial charge is 0.300 e. The van der Waals surface area contributed by atoms with Crippen molar-refractivity contribution < 1.29 is 4.79 Å². The van der Waals surface area contributed by atoms with Crippen molar-refractivity contribution in [1.29, 1.82) is 0 Å². The molecule has 1 aliphatic rings. The predicted molar refractivity (Wildman–Crippen MR) is 237 cm³/mol.